The van der Waals surface area contributed by atoms with Crippen molar-refractivity contribution in [3.05, 3.63) is 30.1 Å². The Morgan fingerprint density at radius 3 is 2.71 bits per heavy atom. The van der Waals surface area contributed by atoms with Gasteiger partial charge in [0.05, 0.1) is 5.56 Å². The van der Waals surface area contributed by atoms with Crippen molar-refractivity contribution in [2.45, 2.75) is 52.9 Å². The number of carbonyl (C=O) groups is 1. The minimum Gasteiger partial charge on any atom is -0.267 e. The molecule has 1 N–H and O–H groups in total. The van der Waals surface area contributed by atoms with Gasteiger partial charge in [-0.3, -0.25) is 9.78 Å². The fraction of sp³-hybridized carbons (Fsp3) is 0.588. The van der Waals surface area contributed by atoms with Crippen molar-refractivity contribution >= 4 is 11.6 Å². The largest absolute Gasteiger partial charge is 0.272 e. The predicted octanol–water partition coefficient (Wildman–Crippen LogP) is 3.79. The average Bonchev–Trinajstić information content (AvgIpc) is 2.54. The summed E-state index contributed by atoms with van der Waals surface area (Å²) >= 11 is 0. The van der Waals surface area contributed by atoms with E-state index in [4.69, 9.17) is 0 Å². The number of aromatic nitrogens is 1. The predicted molar refractivity (Wildman–Crippen MR) is 85.2 cm³/mol. The minimum absolute atomic E-state index is 0.188. The normalized spacial score (nSPS) is 19.2. The van der Waals surface area contributed by atoms with Crippen molar-refractivity contribution in [3.63, 3.8) is 0 Å². The third-order valence-electron chi connectivity index (χ3n) is 4.82. The molecule has 1 fully saturated rings. The molecule has 1 aliphatic rings. The number of rotatable bonds is 4. The Bertz CT molecular complexity index is 498. The van der Waals surface area contributed by atoms with Crippen molar-refractivity contribution in [1.82, 2.24) is 10.4 Å². The molecule has 0 spiro atoms. The van der Waals surface area contributed by atoms with E-state index >= 15 is 0 Å². The van der Waals surface area contributed by atoms with Gasteiger partial charge in [0, 0.05) is 18.1 Å². The number of carbonyl (C=O) groups excluding carboxylic acids is 1. The van der Waals surface area contributed by atoms with Crippen LogP contribution in [0.1, 0.15) is 63.2 Å². The molecule has 21 heavy (non-hydrogen) atoms. The molecule has 2 rings (SSSR count). The van der Waals surface area contributed by atoms with E-state index in [1.54, 1.807) is 24.5 Å². The lowest BCUT2D eigenvalue weighted by Gasteiger charge is -2.36. The molecule has 0 unspecified atom stereocenters. The molecule has 4 heteroatoms. The highest BCUT2D eigenvalue weighted by Crippen LogP contribution is 2.39. The fourth-order valence-electron chi connectivity index (χ4n) is 2.82. The second-order valence-electron chi connectivity index (χ2n) is 6.48. The van der Waals surface area contributed by atoms with Gasteiger partial charge in [0.25, 0.3) is 5.91 Å². The summed E-state index contributed by atoms with van der Waals surface area (Å²) in [5, 5.41) is 4.29. The number of hydrazone groups is 1. The molecule has 0 saturated heterocycles. The van der Waals surface area contributed by atoms with Gasteiger partial charge in [0.15, 0.2) is 0 Å². The van der Waals surface area contributed by atoms with Gasteiger partial charge in [-0.1, -0.05) is 27.2 Å². The van der Waals surface area contributed by atoms with Crippen molar-refractivity contribution in [1.29, 1.82) is 0 Å². The van der Waals surface area contributed by atoms with E-state index in [9.17, 15) is 4.79 Å². The SMILES string of the molecule is CCC(C)(C)C1CCC(=NNC(=O)c2cccnc2)CC1. The van der Waals surface area contributed by atoms with Crippen LogP contribution in [0.3, 0.4) is 0 Å². The summed E-state index contributed by atoms with van der Waals surface area (Å²) in [6.45, 7) is 6.96. The highest BCUT2D eigenvalue weighted by atomic mass is 16.2. The number of nitrogens with zero attached hydrogens (tertiary/aromatic N) is 2. The number of nitrogens with one attached hydrogen (secondary N) is 1. The van der Waals surface area contributed by atoms with E-state index in [0.29, 0.717) is 11.0 Å². The van der Waals surface area contributed by atoms with E-state index < -0.39 is 0 Å². The molecule has 0 radical (unpaired) electrons. The highest BCUT2D eigenvalue weighted by molar-refractivity contribution is 5.95. The summed E-state index contributed by atoms with van der Waals surface area (Å²) in [7, 11) is 0. The quantitative estimate of drug-likeness (QED) is 0.856. The second-order valence-corrected chi connectivity index (χ2v) is 6.48. The Balaban J connectivity index is 1.87. The van der Waals surface area contributed by atoms with Crippen molar-refractivity contribution in [2.75, 3.05) is 0 Å². The van der Waals surface area contributed by atoms with Crippen LogP contribution in [0, 0.1) is 11.3 Å². The average molecular weight is 287 g/mol. The van der Waals surface area contributed by atoms with Gasteiger partial charge in [-0.05, 0) is 49.1 Å². The van der Waals surface area contributed by atoms with Gasteiger partial charge in [-0.15, -0.1) is 0 Å². The van der Waals surface area contributed by atoms with Crippen LogP contribution in [-0.2, 0) is 0 Å². The Labute approximate surface area is 127 Å². The molecule has 114 valence electrons. The molecule has 1 saturated carbocycles. The first-order chi connectivity index (χ1) is 10.0. The Morgan fingerprint density at radius 1 is 1.43 bits per heavy atom. The van der Waals surface area contributed by atoms with Crippen LogP contribution in [0.5, 0.6) is 0 Å². The Kier molecular flexibility index (Phi) is 5.10. The van der Waals surface area contributed by atoms with Crippen molar-refractivity contribution < 1.29 is 4.79 Å². The number of hydrogen-bond acceptors (Lipinski definition) is 3. The van der Waals surface area contributed by atoms with Crippen LogP contribution in [0.25, 0.3) is 0 Å². The van der Waals surface area contributed by atoms with Gasteiger partial charge in [-0.2, -0.15) is 5.10 Å². The molecule has 0 aliphatic heterocycles. The smallest absolute Gasteiger partial charge is 0.267 e. The van der Waals surface area contributed by atoms with E-state index in [1.165, 1.54) is 19.3 Å². The van der Waals surface area contributed by atoms with Gasteiger partial charge in [0.2, 0.25) is 0 Å². The maximum atomic E-state index is 11.9. The molecule has 0 bridgehead atoms. The zero-order chi connectivity index (χ0) is 15.3. The summed E-state index contributed by atoms with van der Waals surface area (Å²) in [5.74, 6) is 0.571. The molecule has 0 atom stereocenters. The first kappa shape index (κ1) is 15.7. The van der Waals surface area contributed by atoms with Crippen LogP contribution in [-0.4, -0.2) is 16.6 Å². The van der Waals surface area contributed by atoms with Crippen LogP contribution in [0.15, 0.2) is 29.6 Å². The summed E-state index contributed by atoms with van der Waals surface area (Å²) in [6, 6.07) is 3.49. The minimum atomic E-state index is -0.188. The molecule has 0 aromatic carbocycles. The van der Waals surface area contributed by atoms with Crippen LogP contribution < -0.4 is 5.43 Å². The molecule has 4 nitrogen and oxygen atoms in total. The lowest BCUT2D eigenvalue weighted by atomic mass is 9.69. The summed E-state index contributed by atoms with van der Waals surface area (Å²) < 4.78 is 0. The number of hydrogen-bond donors (Lipinski definition) is 1. The van der Waals surface area contributed by atoms with E-state index in [2.05, 4.69) is 36.3 Å². The topological polar surface area (TPSA) is 54.4 Å². The molecule has 1 aromatic rings. The Morgan fingerprint density at radius 2 is 2.14 bits per heavy atom. The second kappa shape index (κ2) is 6.83. The third-order valence-corrected chi connectivity index (χ3v) is 4.82. The highest BCUT2D eigenvalue weighted by Gasteiger charge is 2.30. The van der Waals surface area contributed by atoms with Crippen molar-refractivity contribution in [2.24, 2.45) is 16.4 Å². The van der Waals surface area contributed by atoms with Gasteiger partial charge >= 0.3 is 0 Å². The zero-order valence-corrected chi connectivity index (χ0v) is 13.2. The van der Waals surface area contributed by atoms with E-state index in [-0.39, 0.29) is 5.91 Å². The fourth-order valence-corrected chi connectivity index (χ4v) is 2.82. The van der Waals surface area contributed by atoms with Gasteiger partial charge < -0.3 is 0 Å². The Hall–Kier alpha value is -1.71. The van der Waals surface area contributed by atoms with E-state index in [1.807, 2.05) is 0 Å². The third kappa shape index (κ3) is 4.13. The lowest BCUT2D eigenvalue weighted by molar-refractivity contribution is 0.0953. The zero-order valence-electron chi connectivity index (χ0n) is 13.2. The first-order valence-corrected chi connectivity index (χ1v) is 7.78. The molecule has 1 heterocycles. The van der Waals surface area contributed by atoms with Crippen LogP contribution in [0.4, 0.5) is 0 Å². The van der Waals surface area contributed by atoms with Gasteiger partial charge in [-0.25, -0.2) is 5.43 Å². The molecule has 1 aliphatic carbocycles. The summed E-state index contributed by atoms with van der Waals surface area (Å²) in [4.78, 5) is 15.8. The lowest BCUT2D eigenvalue weighted by Crippen LogP contribution is -2.29. The molecular weight excluding hydrogens is 262 g/mol. The first-order valence-electron chi connectivity index (χ1n) is 7.78. The van der Waals surface area contributed by atoms with Crippen LogP contribution >= 0.6 is 0 Å². The summed E-state index contributed by atoms with van der Waals surface area (Å²) in [5.41, 5.74) is 4.70. The number of amides is 1. The standard InChI is InChI=1S/C17H25N3O/c1-4-17(2,3)14-7-9-15(10-8-14)19-20-16(21)13-6-5-11-18-12-13/h5-6,11-12,14H,4,7-10H2,1-3H3,(H,20,21). The maximum absolute atomic E-state index is 11.9. The number of pyridine rings is 1. The van der Waals surface area contributed by atoms with Gasteiger partial charge in [0.1, 0.15) is 0 Å². The van der Waals surface area contributed by atoms with Crippen LogP contribution in [0.2, 0.25) is 0 Å². The summed E-state index contributed by atoms with van der Waals surface area (Å²) in [6.07, 6.45) is 8.73. The monoisotopic (exact) mass is 287 g/mol. The molecule has 1 aromatic heterocycles. The molecular formula is C17H25N3O. The molecule has 1 amide bonds. The maximum Gasteiger partial charge on any atom is 0.272 e. The van der Waals surface area contributed by atoms with Crippen molar-refractivity contribution in [3.8, 4) is 0 Å². The van der Waals surface area contributed by atoms with E-state index in [0.717, 1.165) is 24.5 Å².